The van der Waals surface area contributed by atoms with E-state index < -0.39 is 12.3 Å². The molecule has 1 atom stereocenters. The maximum absolute atomic E-state index is 13.9. The Bertz CT molecular complexity index is 1280. The van der Waals surface area contributed by atoms with E-state index in [4.69, 9.17) is 19.2 Å². The van der Waals surface area contributed by atoms with Gasteiger partial charge < -0.3 is 19.3 Å². The van der Waals surface area contributed by atoms with Gasteiger partial charge in [-0.1, -0.05) is 0 Å². The van der Waals surface area contributed by atoms with Crippen LogP contribution >= 0.6 is 0 Å². The number of carbonyl (C=O) groups is 1. The summed E-state index contributed by atoms with van der Waals surface area (Å²) in [7, 11) is 2.98. The molecule has 1 heterocycles. The van der Waals surface area contributed by atoms with Gasteiger partial charge in [0.15, 0.2) is 17.3 Å². The molecule has 1 N–H and O–H groups in total. The Morgan fingerprint density at radius 2 is 1.78 bits per heavy atom. The Morgan fingerprint density at radius 1 is 1.05 bits per heavy atom. The van der Waals surface area contributed by atoms with E-state index in [9.17, 15) is 18.7 Å². The van der Waals surface area contributed by atoms with Crippen LogP contribution in [0, 0.1) is 18.7 Å². The minimum Gasteiger partial charge on any atom is -0.494 e. The first-order valence-corrected chi connectivity index (χ1v) is 12.2. The van der Waals surface area contributed by atoms with E-state index in [1.807, 2.05) is 0 Å². The summed E-state index contributed by atoms with van der Waals surface area (Å²) in [6.45, 7) is 0.938. The number of alkyl halides is 1. The molecule has 0 aliphatic heterocycles. The summed E-state index contributed by atoms with van der Waals surface area (Å²) >= 11 is 0. The Morgan fingerprint density at radius 3 is 2.43 bits per heavy atom. The molecule has 1 aliphatic rings. The van der Waals surface area contributed by atoms with E-state index in [0.717, 1.165) is 12.8 Å². The van der Waals surface area contributed by atoms with Crippen LogP contribution in [0.4, 0.5) is 8.78 Å². The number of ether oxygens (including phenoxy) is 3. The molecule has 0 radical (unpaired) electrons. The normalized spacial score (nSPS) is 14.6. The van der Waals surface area contributed by atoms with E-state index in [0.29, 0.717) is 45.3 Å². The van der Waals surface area contributed by atoms with Crippen LogP contribution in [0.5, 0.6) is 17.2 Å². The Hall–Kier alpha value is -3.52. The summed E-state index contributed by atoms with van der Waals surface area (Å²) in [5.41, 5.74) is 1.21. The molecule has 6 nitrogen and oxygen atoms in total. The summed E-state index contributed by atoms with van der Waals surface area (Å²) in [5, 5.41) is 11.8. The van der Waals surface area contributed by atoms with Gasteiger partial charge in [-0.3, -0.25) is 4.79 Å². The van der Waals surface area contributed by atoms with Gasteiger partial charge >= 0.3 is 0 Å². The highest BCUT2D eigenvalue weighted by atomic mass is 19.1. The standard InChI is InChI=1S/C29H31F2NO5/c1-18-16-20(4-8-22(18)31)28-25(35-2)10-11-27(32-28)29(34,21-6-7-21)13-12-23(33)19-5-9-24(37-15-14-30)26(17-19)36-3/h4-5,8-11,16-17,21,34H,6-7,12-15H2,1-3H3/t29-/m1/s1. The zero-order valence-corrected chi connectivity index (χ0v) is 21.2. The monoisotopic (exact) mass is 511 g/mol. The van der Waals surface area contributed by atoms with Gasteiger partial charge in [-0.15, -0.1) is 0 Å². The van der Waals surface area contributed by atoms with Gasteiger partial charge in [0.05, 0.1) is 19.9 Å². The number of Topliss-reactive ketones (excluding diaryl/α,β-unsaturated/α-hetero) is 1. The average Bonchev–Trinajstić information content (AvgIpc) is 3.77. The number of nitrogens with zero attached hydrogens (tertiary/aromatic N) is 1. The number of hydrogen-bond acceptors (Lipinski definition) is 6. The van der Waals surface area contributed by atoms with Gasteiger partial charge in [-0.05, 0) is 86.2 Å². The van der Waals surface area contributed by atoms with Crippen molar-refractivity contribution in [1.29, 1.82) is 0 Å². The number of rotatable bonds is 12. The van der Waals surface area contributed by atoms with Crippen molar-refractivity contribution < 1.29 is 32.9 Å². The third-order valence-electron chi connectivity index (χ3n) is 6.76. The molecule has 8 heteroatoms. The van der Waals surface area contributed by atoms with E-state index in [1.165, 1.54) is 20.3 Å². The van der Waals surface area contributed by atoms with Crippen molar-refractivity contribution in [2.45, 2.75) is 38.2 Å². The highest BCUT2D eigenvalue weighted by molar-refractivity contribution is 5.96. The second-order valence-electron chi connectivity index (χ2n) is 9.24. The number of ketones is 1. The van der Waals surface area contributed by atoms with E-state index >= 15 is 0 Å². The fourth-order valence-electron chi connectivity index (χ4n) is 4.51. The van der Waals surface area contributed by atoms with Gasteiger partial charge in [0.2, 0.25) is 0 Å². The van der Waals surface area contributed by atoms with Gasteiger partial charge in [0.25, 0.3) is 0 Å². The largest absolute Gasteiger partial charge is 0.494 e. The van der Waals surface area contributed by atoms with Crippen LogP contribution in [0.1, 0.15) is 47.3 Å². The minimum atomic E-state index is -1.31. The lowest BCUT2D eigenvalue weighted by molar-refractivity contribution is -0.00110. The summed E-state index contributed by atoms with van der Waals surface area (Å²) in [4.78, 5) is 17.8. The smallest absolute Gasteiger partial charge is 0.163 e. The molecule has 2 aromatic carbocycles. The van der Waals surface area contributed by atoms with Crippen molar-refractivity contribution in [2.75, 3.05) is 27.5 Å². The van der Waals surface area contributed by atoms with Crippen LogP contribution in [0.2, 0.25) is 0 Å². The van der Waals surface area contributed by atoms with Crippen LogP contribution in [0.3, 0.4) is 0 Å². The molecule has 37 heavy (non-hydrogen) atoms. The molecule has 0 unspecified atom stereocenters. The lowest BCUT2D eigenvalue weighted by Crippen LogP contribution is -2.30. The number of halogens is 2. The Kier molecular flexibility index (Phi) is 8.07. The summed E-state index contributed by atoms with van der Waals surface area (Å²) < 4.78 is 42.4. The molecular formula is C29H31F2NO5. The van der Waals surface area contributed by atoms with Crippen molar-refractivity contribution in [3.63, 3.8) is 0 Å². The van der Waals surface area contributed by atoms with E-state index in [1.54, 1.807) is 49.4 Å². The number of aromatic nitrogens is 1. The third-order valence-corrected chi connectivity index (χ3v) is 6.76. The second kappa shape index (κ2) is 11.3. The van der Waals surface area contributed by atoms with Crippen molar-refractivity contribution in [3.05, 3.63) is 71.2 Å². The van der Waals surface area contributed by atoms with Crippen LogP contribution in [0.15, 0.2) is 48.5 Å². The van der Waals surface area contributed by atoms with Gasteiger partial charge in [-0.25, -0.2) is 13.8 Å². The first-order valence-electron chi connectivity index (χ1n) is 12.2. The lowest BCUT2D eigenvalue weighted by atomic mass is 9.86. The molecule has 4 rings (SSSR count). The molecule has 0 spiro atoms. The second-order valence-corrected chi connectivity index (χ2v) is 9.24. The first kappa shape index (κ1) is 26.5. The number of aliphatic hydroxyl groups is 1. The van der Waals surface area contributed by atoms with Crippen molar-refractivity contribution in [1.82, 2.24) is 4.98 Å². The SMILES string of the molecule is COc1cc(C(=O)CC[C@](O)(c2ccc(OC)c(-c3ccc(F)c(C)c3)n2)C2CC2)ccc1OCCF. The molecule has 0 amide bonds. The first-order chi connectivity index (χ1) is 17.8. The molecular weight excluding hydrogens is 480 g/mol. The number of carbonyl (C=O) groups excluding carboxylic acids is 1. The maximum atomic E-state index is 13.9. The topological polar surface area (TPSA) is 77.9 Å². The van der Waals surface area contributed by atoms with E-state index in [-0.39, 0.29) is 37.0 Å². The number of hydrogen-bond donors (Lipinski definition) is 1. The lowest BCUT2D eigenvalue weighted by Gasteiger charge is -2.28. The summed E-state index contributed by atoms with van der Waals surface area (Å²) in [5.74, 6) is 0.703. The molecule has 1 fully saturated rings. The molecule has 0 bridgehead atoms. The summed E-state index contributed by atoms with van der Waals surface area (Å²) in [6, 6.07) is 12.9. The van der Waals surface area contributed by atoms with Crippen molar-refractivity contribution >= 4 is 5.78 Å². The molecule has 1 aromatic heterocycles. The molecule has 1 saturated carbocycles. The minimum absolute atomic E-state index is 0.0185. The van der Waals surface area contributed by atoms with Gasteiger partial charge in [-0.2, -0.15) is 0 Å². The van der Waals surface area contributed by atoms with Crippen molar-refractivity contribution in [2.24, 2.45) is 5.92 Å². The van der Waals surface area contributed by atoms with Gasteiger partial charge in [0.1, 0.15) is 36.1 Å². The third kappa shape index (κ3) is 5.74. The number of methoxy groups -OCH3 is 2. The van der Waals surface area contributed by atoms with Gasteiger partial charge in [0, 0.05) is 17.5 Å². The average molecular weight is 512 g/mol. The van der Waals surface area contributed by atoms with Crippen LogP contribution < -0.4 is 14.2 Å². The zero-order valence-electron chi connectivity index (χ0n) is 21.2. The predicted octanol–water partition coefficient (Wildman–Crippen LogP) is 5.82. The maximum Gasteiger partial charge on any atom is 0.163 e. The number of pyridine rings is 1. The predicted molar refractivity (Wildman–Crippen MR) is 136 cm³/mol. The van der Waals surface area contributed by atoms with Crippen LogP contribution in [0.25, 0.3) is 11.3 Å². The fraction of sp³-hybridized carbons (Fsp3) is 0.379. The van der Waals surface area contributed by atoms with Crippen LogP contribution in [-0.4, -0.2) is 43.4 Å². The number of benzene rings is 2. The van der Waals surface area contributed by atoms with Crippen LogP contribution in [-0.2, 0) is 5.60 Å². The zero-order chi connectivity index (χ0) is 26.6. The highest BCUT2D eigenvalue weighted by Crippen LogP contribution is 2.49. The fourth-order valence-corrected chi connectivity index (χ4v) is 4.51. The molecule has 3 aromatic rings. The molecule has 196 valence electrons. The van der Waals surface area contributed by atoms with E-state index in [2.05, 4.69) is 0 Å². The quantitative estimate of drug-likeness (QED) is 0.309. The van der Waals surface area contributed by atoms with Crippen molar-refractivity contribution in [3.8, 4) is 28.5 Å². The summed E-state index contributed by atoms with van der Waals surface area (Å²) in [6.07, 6.45) is 1.93. The molecule has 0 saturated heterocycles. The highest BCUT2D eigenvalue weighted by Gasteiger charge is 2.46. The Balaban J connectivity index is 1.59. The number of aryl methyl sites for hydroxylation is 1. The Labute approximate surface area is 215 Å². The molecule has 1 aliphatic carbocycles.